The maximum absolute atomic E-state index is 6.75. The Morgan fingerprint density at radius 3 is 1.50 bits per heavy atom. The number of hydrogen-bond donors (Lipinski definition) is 0. The molecule has 0 bridgehead atoms. The quantitative estimate of drug-likeness (QED) is 0.192. The minimum absolute atomic E-state index is 0. The largest absolute Gasteiger partial charge is 2.00 e. The molecule has 2 nitrogen and oxygen atoms in total. The van der Waals surface area contributed by atoms with Gasteiger partial charge in [0.15, 0.2) is 0 Å². The van der Waals surface area contributed by atoms with Gasteiger partial charge < -0.3 is 8.39 Å². The van der Waals surface area contributed by atoms with Crippen molar-refractivity contribution in [2.45, 2.75) is 0 Å². The molecule has 2 aliphatic carbocycles. The second-order valence-corrected chi connectivity index (χ2v) is 10.8. The van der Waals surface area contributed by atoms with E-state index in [1.165, 1.54) is 27.1 Å². The summed E-state index contributed by atoms with van der Waals surface area (Å²) in [4.78, 5) is 0. The molecule has 0 aliphatic heterocycles. The van der Waals surface area contributed by atoms with Gasteiger partial charge in [-0.3, -0.25) is 0 Å². The molecular weight excluding hydrogens is 551 g/mol. The standard InChI is InChI=1S/C31H20O2P.C5H5.Fe/c1-2-9-21(10-3-1)24-15-8-16-29(24)34-32-27-19-17-22-11-4-6-13-25(22)30(27)31-26-14-7-5-12-23(26)18-20-28(31)33-34;1-2-4-5-3-1;/h1-20H;1-5H;/q;;+2. The van der Waals surface area contributed by atoms with Gasteiger partial charge in [-0.15, -0.1) is 0 Å². The van der Waals surface area contributed by atoms with Crippen LogP contribution in [0.3, 0.4) is 0 Å². The van der Waals surface area contributed by atoms with E-state index < -0.39 is 8.01 Å². The van der Waals surface area contributed by atoms with Crippen molar-refractivity contribution in [3.05, 3.63) is 172 Å². The average Bonchev–Trinajstić information content (AvgIpc) is 3.71. The summed E-state index contributed by atoms with van der Waals surface area (Å²) in [6, 6.07) is 35.9. The van der Waals surface area contributed by atoms with Gasteiger partial charge >= 0.3 is 17.1 Å². The average molecular weight is 576 g/mol. The molecule has 192 valence electrons. The van der Waals surface area contributed by atoms with E-state index >= 15 is 0 Å². The van der Waals surface area contributed by atoms with Crippen molar-refractivity contribution in [2.75, 3.05) is 0 Å². The van der Waals surface area contributed by atoms with Gasteiger partial charge in [0.25, 0.3) is 0 Å². The monoisotopic (exact) mass is 576 g/mol. The number of rotatable bonds is 2. The molecule has 0 saturated heterocycles. The molecule has 40 heavy (non-hydrogen) atoms. The molecule has 10 radical (unpaired) electrons. The molecule has 8 rings (SSSR count). The molecule has 2 fully saturated rings. The number of hydrogen-bond acceptors (Lipinski definition) is 2. The van der Waals surface area contributed by atoms with Crippen LogP contribution in [-0.4, -0.2) is 0 Å². The molecule has 0 spiro atoms. The molecule has 0 N–H and O–H groups in total. The predicted octanol–water partition coefficient (Wildman–Crippen LogP) is 10.2. The first-order valence-electron chi connectivity index (χ1n) is 13.0. The van der Waals surface area contributed by atoms with Crippen LogP contribution in [0.5, 0.6) is 0 Å². The first-order valence-corrected chi connectivity index (χ1v) is 14.2. The summed E-state index contributed by atoms with van der Waals surface area (Å²) in [6.07, 6.45) is 16.4. The molecule has 2 aliphatic rings. The first kappa shape index (κ1) is 27.2. The SMILES string of the molecule is [CH]1[CH][CH][CH][CH]1.[CH]1[CH][C](c2ccccc2)[C](p2oc3ccc4ccccc4c3c3c(ccc4ccccc43)o2)[CH]1.[Fe+2]. The van der Waals surface area contributed by atoms with Crippen molar-refractivity contribution >= 4 is 51.5 Å². The maximum Gasteiger partial charge on any atom is 2.00 e. The van der Waals surface area contributed by atoms with Gasteiger partial charge in [0, 0.05) is 16.7 Å². The number of fused-ring (bicyclic) bond motifs is 7. The van der Waals surface area contributed by atoms with Gasteiger partial charge in [-0.2, -0.15) is 0 Å². The first-order chi connectivity index (χ1) is 19.4. The summed E-state index contributed by atoms with van der Waals surface area (Å²) < 4.78 is 13.5. The van der Waals surface area contributed by atoms with E-state index in [-0.39, 0.29) is 17.1 Å². The van der Waals surface area contributed by atoms with E-state index in [2.05, 4.69) is 116 Å². The summed E-state index contributed by atoms with van der Waals surface area (Å²) in [5.74, 6) is 1.15. The van der Waals surface area contributed by atoms with Crippen LogP contribution in [0.4, 0.5) is 0 Å². The Morgan fingerprint density at radius 2 is 0.950 bits per heavy atom. The molecular formula is C36H25FeO2P+2. The van der Waals surface area contributed by atoms with E-state index in [1.54, 1.807) is 0 Å². The van der Waals surface area contributed by atoms with Crippen LogP contribution < -0.4 is 0 Å². The summed E-state index contributed by atoms with van der Waals surface area (Å²) >= 11 is 0. The topological polar surface area (TPSA) is 26.3 Å². The van der Waals surface area contributed by atoms with Crippen LogP contribution in [0.2, 0.25) is 0 Å². The molecule has 6 aromatic rings. The van der Waals surface area contributed by atoms with E-state index in [0.717, 1.165) is 33.5 Å². The maximum atomic E-state index is 6.75. The van der Waals surface area contributed by atoms with Gasteiger partial charge in [-0.05, 0) is 90.6 Å². The van der Waals surface area contributed by atoms with Crippen molar-refractivity contribution < 1.29 is 25.5 Å². The van der Waals surface area contributed by atoms with E-state index in [1.807, 2.05) is 38.2 Å². The Hall–Kier alpha value is -2.96. The summed E-state index contributed by atoms with van der Waals surface area (Å²) in [7, 11) is -1.38. The van der Waals surface area contributed by atoms with Crippen LogP contribution >= 0.6 is 8.01 Å². The van der Waals surface area contributed by atoms with Gasteiger partial charge in [0.1, 0.15) is 16.8 Å². The molecule has 2 saturated carbocycles. The normalized spacial score (nSPS) is 15.8. The van der Waals surface area contributed by atoms with Gasteiger partial charge in [0.2, 0.25) is 8.01 Å². The molecule has 4 heteroatoms. The molecule has 0 unspecified atom stereocenters. The molecule has 0 amide bonds. The van der Waals surface area contributed by atoms with Crippen LogP contribution in [0, 0.1) is 62.9 Å². The van der Waals surface area contributed by atoms with Crippen LogP contribution in [0.25, 0.3) is 43.5 Å². The third-order valence-corrected chi connectivity index (χ3v) is 8.53. The fourth-order valence-corrected chi connectivity index (χ4v) is 6.72. The van der Waals surface area contributed by atoms with Crippen molar-refractivity contribution in [3.8, 4) is 0 Å². The Labute approximate surface area is 247 Å². The molecule has 1 aromatic heterocycles. The Bertz CT molecular complexity index is 1680. The second-order valence-electron chi connectivity index (χ2n) is 9.41. The molecule has 0 atom stereocenters. The molecule has 5 aromatic carbocycles. The minimum atomic E-state index is -1.38. The fourth-order valence-electron chi connectivity index (χ4n) is 5.22. The van der Waals surface area contributed by atoms with Crippen molar-refractivity contribution in [3.63, 3.8) is 0 Å². The zero-order chi connectivity index (χ0) is 26.0. The van der Waals surface area contributed by atoms with Gasteiger partial charge in [-0.25, -0.2) is 0 Å². The van der Waals surface area contributed by atoms with E-state index in [9.17, 15) is 0 Å². The van der Waals surface area contributed by atoms with Crippen LogP contribution in [0.15, 0.2) is 112 Å². The Morgan fingerprint density at radius 1 is 0.450 bits per heavy atom. The van der Waals surface area contributed by atoms with Crippen LogP contribution in [-0.2, 0) is 17.1 Å². The van der Waals surface area contributed by atoms with E-state index in [4.69, 9.17) is 8.39 Å². The Kier molecular flexibility index (Phi) is 8.35. The molecule has 1 heterocycles. The number of benzene rings is 5. The van der Waals surface area contributed by atoms with Crippen molar-refractivity contribution in [1.82, 2.24) is 0 Å². The van der Waals surface area contributed by atoms with Crippen molar-refractivity contribution in [1.29, 1.82) is 0 Å². The summed E-state index contributed by atoms with van der Waals surface area (Å²) in [5.41, 5.74) is 3.97. The smallest absolute Gasteiger partial charge is 0.419 e. The predicted molar refractivity (Wildman–Crippen MR) is 163 cm³/mol. The van der Waals surface area contributed by atoms with E-state index in [0.29, 0.717) is 0 Å². The minimum Gasteiger partial charge on any atom is -0.419 e. The Balaban J connectivity index is 0.000000438. The second kappa shape index (κ2) is 12.3. The third kappa shape index (κ3) is 5.24. The fraction of sp³-hybridized carbons (Fsp3) is 0. The third-order valence-electron chi connectivity index (χ3n) is 7.02. The van der Waals surface area contributed by atoms with Crippen molar-refractivity contribution in [2.24, 2.45) is 0 Å². The zero-order valence-corrected chi connectivity index (χ0v) is 23.5. The zero-order valence-electron chi connectivity index (χ0n) is 21.6. The van der Waals surface area contributed by atoms with Gasteiger partial charge in [0.05, 0.1) is 0 Å². The van der Waals surface area contributed by atoms with Crippen LogP contribution in [0.1, 0.15) is 5.56 Å². The summed E-state index contributed by atoms with van der Waals surface area (Å²) in [5, 5.41) is 6.92. The van der Waals surface area contributed by atoms with Gasteiger partial charge in [-0.1, -0.05) is 91.0 Å². The summed E-state index contributed by atoms with van der Waals surface area (Å²) in [6.45, 7) is 0.